The van der Waals surface area contributed by atoms with Crippen molar-refractivity contribution in [1.82, 2.24) is 4.90 Å². The monoisotopic (exact) mass is 193 g/mol. The van der Waals surface area contributed by atoms with Gasteiger partial charge in [0, 0.05) is 31.6 Å². The van der Waals surface area contributed by atoms with Crippen molar-refractivity contribution in [2.45, 2.75) is 12.8 Å². The van der Waals surface area contributed by atoms with Gasteiger partial charge in [0.2, 0.25) is 0 Å². The van der Waals surface area contributed by atoms with Crippen molar-refractivity contribution >= 4 is 6.03 Å². The molecule has 3 nitrogen and oxygen atoms in total. The Balaban J connectivity index is 0. The summed E-state index contributed by atoms with van der Waals surface area (Å²) in [6.07, 6.45) is 2.23. The first-order valence-corrected chi connectivity index (χ1v) is 3.35. The van der Waals surface area contributed by atoms with Gasteiger partial charge >= 0.3 is 6.03 Å². The third kappa shape index (κ3) is 4.93. The number of primary amides is 1. The molecule has 0 aliphatic carbocycles. The first-order chi connectivity index (χ1) is 4.80. The maximum Gasteiger partial charge on any atom is 0.314 e. The van der Waals surface area contributed by atoms with E-state index in [0.717, 1.165) is 25.9 Å². The molecule has 1 saturated heterocycles. The van der Waals surface area contributed by atoms with E-state index in [4.69, 9.17) is 5.73 Å². The van der Waals surface area contributed by atoms with E-state index >= 15 is 0 Å². The summed E-state index contributed by atoms with van der Waals surface area (Å²) in [6, 6.07) is -0.275. The number of nitrogens with two attached hydrogens (primary N) is 1. The van der Waals surface area contributed by atoms with Crippen LogP contribution in [-0.4, -0.2) is 24.0 Å². The zero-order chi connectivity index (χ0) is 7.98. The topological polar surface area (TPSA) is 46.3 Å². The molecule has 2 N–H and O–H groups in total. The van der Waals surface area contributed by atoms with Crippen LogP contribution in [0.15, 0.2) is 13.2 Å². The molecule has 1 radical (unpaired) electrons. The van der Waals surface area contributed by atoms with Gasteiger partial charge in [-0.3, -0.25) is 0 Å². The van der Waals surface area contributed by atoms with Gasteiger partial charge in [-0.05, 0) is 12.8 Å². The van der Waals surface area contributed by atoms with Crippen molar-refractivity contribution in [2.75, 3.05) is 13.1 Å². The van der Waals surface area contributed by atoms with Crippen LogP contribution in [0.4, 0.5) is 4.79 Å². The fraction of sp³-hybridized carbons (Fsp3) is 0.571. The van der Waals surface area contributed by atoms with Crippen LogP contribution in [0.1, 0.15) is 12.8 Å². The van der Waals surface area contributed by atoms with Crippen LogP contribution in [0.3, 0.4) is 0 Å². The number of nitrogens with zero attached hydrogens (tertiary/aromatic N) is 1. The van der Waals surface area contributed by atoms with Crippen LogP contribution in [0.25, 0.3) is 0 Å². The number of amides is 2. The molecule has 4 heteroatoms. The number of likely N-dealkylation sites (tertiary alicyclic amines) is 1. The van der Waals surface area contributed by atoms with E-state index in [9.17, 15) is 4.79 Å². The van der Waals surface area contributed by atoms with Crippen LogP contribution < -0.4 is 5.73 Å². The predicted molar refractivity (Wildman–Crippen MR) is 41.6 cm³/mol. The van der Waals surface area contributed by atoms with Gasteiger partial charge < -0.3 is 10.6 Å². The molecular formula is C7H14N2OV. The predicted octanol–water partition coefficient (Wildman–Crippen LogP) is 0.961. The molecule has 0 saturated carbocycles. The molecule has 1 aliphatic rings. The minimum Gasteiger partial charge on any atom is -0.351 e. The number of carbonyl (C=O) groups is 1. The van der Waals surface area contributed by atoms with Crippen LogP contribution in [0.5, 0.6) is 0 Å². The molecule has 0 unspecified atom stereocenters. The molecule has 0 aromatic carbocycles. The number of urea groups is 1. The van der Waals surface area contributed by atoms with Crippen molar-refractivity contribution in [3.8, 4) is 0 Å². The molecule has 0 spiro atoms. The number of hydrogen-bond donors (Lipinski definition) is 1. The van der Waals surface area contributed by atoms with E-state index in [1.807, 2.05) is 0 Å². The van der Waals surface area contributed by atoms with Crippen molar-refractivity contribution in [2.24, 2.45) is 5.73 Å². The normalized spacial score (nSPS) is 14.4. The third-order valence-electron chi connectivity index (χ3n) is 1.42. The van der Waals surface area contributed by atoms with E-state index in [-0.39, 0.29) is 24.6 Å². The zero-order valence-electron chi connectivity index (χ0n) is 6.62. The maximum atomic E-state index is 10.3. The second-order valence-electron chi connectivity index (χ2n) is 2.03. The quantitative estimate of drug-likeness (QED) is 0.572. The fourth-order valence-electron chi connectivity index (χ4n) is 0.938. The smallest absolute Gasteiger partial charge is 0.314 e. The molecule has 63 valence electrons. The standard InChI is InChI=1S/C5H10N2O.C2H4.V/c6-5(8)7-3-1-2-4-7;1-2;/h1-4H2,(H2,6,8);1-2H2;. The van der Waals surface area contributed by atoms with E-state index < -0.39 is 0 Å². The summed E-state index contributed by atoms with van der Waals surface area (Å²) < 4.78 is 0. The van der Waals surface area contributed by atoms with Gasteiger partial charge in [-0.2, -0.15) is 0 Å². The Bertz CT molecular complexity index is 113. The molecule has 11 heavy (non-hydrogen) atoms. The fourth-order valence-corrected chi connectivity index (χ4v) is 0.938. The molecule has 2 amide bonds. The molecule has 1 rings (SSSR count). The maximum absolute atomic E-state index is 10.3. The van der Waals surface area contributed by atoms with Crippen LogP contribution >= 0.6 is 0 Å². The number of carbonyl (C=O) groups excluding carboxylic acids is 1. The van der Waals surface area contributed by atoms with Crippen LogP contribution in [0.2, 0.25) is 0 Å². The Morgan fingerprint density at radius 1 is 1.27 bits per heavy atom. The van der Waals surface area contributed by atoms with E-state index in [2.05, 4.69) is 13.2 Å². The van der Waals surface area contributed by atoms with Crippen LogP contribution in [-0.2, 0) is 18.6 Å². The molecule has 0 bridgehead atoms. The second-order valence-corrected chi connectivity index (χ2v) is 2.03. The summed E-state index contributed by atoms with van der Waals surface area (Å²) in [5.41, 5.74) is 4.98. The Kier molecular flexibility index (Phi) is 9.24. The minimum absolute atomic E-state index is 0. The second kappa shape index (κ2) is 7.70. The Morgan fingerprint density at radius 3 is 1.82 bits per heavy atom. The van der Waals surface area contributed by atoms with E-state index in [1.54, 1.807) is 4.90 Å². The van der Waals surface area contributed by atoms with Crippen molar-refractivity contribution in [3.05, 3.63) is 13.2 Å². The van der Waals surface area contributed by atoms with Crippen LogP contribution in [0, 0.1) is 0 Å². The first-order valence-electron chi connectivity index (χ1n) is 3.35. The van der Waals surface area contributed by atoms with Gasteiger partial charge in [0.05, 0.1) is 0 Å². The molecule has 1 aliphatic heterocycles. The SMILES string of the molecule is C=C.NC(=O)N1CCCC1.[V]. The summed E-state index contributed by atoms with van der Waals surface area (Å²) in [7, 11) is 0. The first kappa shape index (κ1) is 13.2. The van der Waals surface area contributed by atoms with Gasteiger partial charge in [-0.25, -0.2) is 4.79 Å². The summed E-state index contributed by atoms with van der Waals surface area (Å²) in [5.74, 6) is 0. The van der Waals surface area contributed by atoms with Gasteiger partial charge in [0.25, 0.3) is 0 Å². The average Bonchev–Trinajstić information content (AvgIpc) is 2.42. The van der Waals surface area contributed by atoms with E-state index in [0.29, 0.717) is 0 Å². The van der Waals surface area contributed by atoms with Crippen molar-refractivity contribution in [1.29, 1.82) is 0 Å². The zero-order valence-corrected chi connectivity index (χ0v) is 8.02. The summed E-state index contributed by atoms with van der Waals surface area (Å²) in [5, 5.41) is 0. The molecule has 0 aromatic heterocycles. The summed E-state index contributed by atoms with van der Waals surface area (Å²) in [6.45, 7) is 7.71. The van der Waals surface area contributed by atoms with Gasteiger partial charge in [0.1, 0.15) is 0 Å². The summed E-state index contributed by atoms with van der Waals surface area (Å²) >= 11 is 0. The summed E-state index contributed by atoms with van der Waals surface area (Å²) in [4.78, 5) is 12.0. The van der Waals surface area contributed by atoms with Crippen molar-refractivity contribution < 1.29 is 23.4 Å². The average molecular weight is 193 g/mol. The molecule has 1 heterocycles. The van der Waals surface area contributed by atoms with Gasteiger partial charge in [-0.15, -0.1) is 13.2 Å². The minimum atomic E-state index is -0.275. The Morgan fingerprint density at radius 2 is 1.64 bits per heavy atom. The third-order valence-corrected chi connectivity index (χ3v) is 1.42. The van der Waals surface area contributed by atoms with E-state index in [1.165, 1.54) is 0 Å². The number of rotatable bonds is 0. The van der Waals surface area contributed by atoms with Crippen molar-refractivity contribution in [3.63, 3.8) is 0 Å². The number of hydrogen-bond acceptors (Lipinski definition) is 1. The van der Waals surface area contributed by atoms with Gasteiger partial charge in [0.15, 0.2) is 0 Å². The Labute approximate surface area is 79.5 Å². The molecule has 0 aromatic rings. The Hall–Kier alpha value is -0.406. The van der Waals surface area contributed by atoms with Gasteiger partial charge in [-0.1, -0.05) is 0 Å². The molecular weight excluding hydrogens is 179 g/mol. The largest absolute Gasteiger partial charge is 0.351 e. The molecule has 1 fully saturated rings. The molecule has 0 atom stereocenters.